The van der Waals surface area contributed by atoms with Gasteiger partial charge in [-0.3, -0.25) is 4.90 Å². The van der Waals surface area contributed by atoms with Crippen molar-refractivity contribution in [3.8, 4) is 0 Å². The van der Waals surface area contributed by atoms with Crippen LogP contribution in [0.4, 0.5) is 0 Å². The molecule has 2 nitrogen and oxygen atoms in total. The lowest BCUT2D eigenvalue weighted by Gasteiger charge is -2.30. The fraction of sp³-hybridized carbons (Fsp3) is 1.00. The minimum absolute atomic E-state index is 0.709. The van der Waals surface area contributed by atoms with Gasteiger partial charge < -0.3 is 5.32 Å². The highest BCUT2D eigenvalue weighted by atomic mass is 15.2. The molecule has 0 saturated carbocycles. The third-order valence-corrected chi connectivity index (χ3v) is 3.85. The molecule has 1 fully saturated rings. The lowest BCUT2D eigenvalue weighted by Crippen LogP contribution is -2.42. The van der Waals surface area contributed by atoms with Gasteiger partial charge in [0.25, 0.3) is 0 Å². The Morgan fingerprint density at radius 1 is 0.941 bits per heavy atom. The molecule has 0 amide bonds. The Balaban J connectivity index is 2.13. The Bertz CT molecular complexity index is 172. The minimum atomic E-state index is 0.709. The monoisotopic (exact) mass is 240 g/mol. The van der Waals surface area contributed by atoms with Gasteiger partial charge in [-0.25, -0.2) is 0 Å². The van der Waals surface area contributed by atoms with Crippen LogP contribution in [0.1, 0.15) is 59.3 Å². The number of likely N-dealkylation sites (tertiary alicyclic amines) is 1. The Morgan fingerprint density at radius 2 is 1.53 bits per heavy atom. The maximum absolute atomic E-state index is 3.61. The van der Waals surface area contributed by atoms with Crippen LogP contribution in [0.5, 0.6) is 0 Å². The number of hydrogen-bond donors (Lipinski definition) is 1. The second kappa shape index (κ2) is 8.93. The predicted octanol–water partition coefficient (Wildman–Crippen LogP) is 3.28. The lowest BCUT2D eigenvalue weighted by atomic mass is 10.1. The van der Waals surface area contributed by atoms with E-state index in [-0.39, 0.29) is 0 Å². The zero-order valence-corrected chi connectivity index (χ0v) is 12.2. The molecule has 0 radical (unpaired) electrons. The second-order valence-corrected chi connectivity index (χ2v) is 6.04. The SMILES string of the molecule is CC(C)CCNCC(C)N1CCCCCCC1. The van der Waals surface area contributed by atoms with Gasteiger partial charge in [-0.2, -0.15) is 0 Å². The molecule has 1 aliphatic rings. The van der Waals surface area contributed by atoms with E-state index in [1.54, 1.807) is 0 Å². The Labute approximate surface area is 108 Å². The van der Waals surface area contributed by atoms with E-state index in [1.807, 2.05) is 0 Å². The van der Waals surface area contributed by atoms with E-state index in [2.05, 4.69) is 31.0 Å². The summed E-state index contributed by atoms with van der Waals surface area (Å²) in [5.41, 5.74) is 0. The van der Waals surface area contributed by atoms with Crippen molar-refractivity contribution in [3.05, 3.63) is 0 Å². The van der Waals surface area contributed by atoms with Crippen molar-refractivity contribution in [2.45, 2.75) is 65.3 Å². The molecule has 0 aromatic heterocycles. The summed E-state index contributed by atoms with van der Waals surface area (Å²) in [7, 11) is 0. The van der Waals surface area contributed by atoms with Crippen molar-refractivity contribution in [1.82, 2.24) is 10.2 Å². The molecule has 0 aromatic rings. The van der Waals surface area contributed by atoms with Crippen LogP contribution in [0, 0.1) is 5.92 Å². The van der Waals surface area contributed by atoms with Gasteiger partial charge in [0.15, 0.2) is 0 Å². The van der Waals surface area contributed by atoms with Crippen molar-refractivity contribution >= 4 is 0 Å². The van der Waals surface area contributed by atoms with E-state index in [0.717, 1.165) is 12.5 Å². The van der Waals surface area contributed by atoms with Crippen LogP contribution in [0.3, 0.4) is 0 Å². The molecule has 0 aliphatic carbocycles. The fourth-order valence-electron chi connectivity index (χ4n) is 2.54. The fourth-order valence-corrected chi connectivity index (χ4v) is 2.54. The highest BCUT2D eigenvalue weighted by Gasteiger charge is 2.14. The first-order chi connectivity index (χ1) is 8.20. The molecular weight excluding hydrogens is 208 g/mol. The zero-order valence-electron chi connectivity index (χ0n) is 12.2. The minimum Gasteiger partial charge on any atom is -0.315 e. The third-order valence-electron chi connectivity index (χ3n) is 3.85. The summed E-state index contributed by atoms with van der Waals surface area (Å²) in [5, 5.41) is 3.61. The molecule has 0 bridgehead atoms. The Morgan fingerprint density at radius 3 is 2.12 bits per heavy atom. The number of nitrogens with one attached hydrogen (secondary N) is 1. The second-order valence-electron chi connectivity index (χ2n) is 6.04. The molecule has 1 rings (SSSR count). The average molecular weight is 240 g/mol. The molecular formula is C15H32N2. The van der Waals surface area contributed by atoms with Crippen molar-refractivity contribution < 1.29 is 0 Å². The molecule has 1 N–H and O–H groups in total. The van der Waals surface area contributed by atoms with Crippen molar-refractivity contribution in [1.29, 1.82) is 0 Å². The molecule has 2 heteroatoms. The van der Waals surface area contributed by atoms with Gasteiger partial charge >= 0.3 is 0 Å². The van der Waals surface area contributed by atoms with E-state index in [4.69, 9.17) is 0 Å². The standard InChI is InChI=1S/C15H32N2/c1-14(2)9-10-16-13-15(3)17-11-7-5-4-6-8-12-17/h14-16H,4-13H2,1-3H3. The molecule has 17 heavy (non-hydrogen) atoms. The van der Waals surface area contributed by atoms with Gasteiger partial charge in [0.1, 0.15) is 0 Å². The van der Waals surface area contributed by atoms with Crippen LogP contribution in [-0.4, -0.2) is 37.1 Å². The van der Waals surface area contributed by atoms with Crippen LogP contribution >= 0.6 is 0 Å². The van der Waals surface area contributed by atoms with Gasteiger partial charge in [0, 0.05) is 12.6 Å². The van der Waals surface area contributed by atoms with Gasteiger partial charge in [-0.05, 0) is 51.7 Å². The summed E-state index contributed by atoms with van der Waals surface area (Å²) in [6, 6.07) is 0.709. The van der Waals surface area contributed by atoms with Crippen LogP contribution < -0.4 is 5.32 Å². The van der Waals surface area contributed by atoms with Crippen molar-refractivity contribution in [3.63, 3.8) is 0 Å². The molecule has 1 atom stereocenters. The summed E-state index contributed by atoms with van der Waals surface area (Å²) in [5.74, 6) is 0.819. The summed E-state index contributed by atoms with van der Waals surface area (Å²) >= 11 is 0. The number of rotatable bonds is 6. The normalized spacial score (nSPS) is 21.2. The first-order valence-corrected chi connectivity index (χ1v) is 7.65. The summed E-state index contributed by atoms with van der Waals surface area (Å²) in [4.78, 5) is 2.68. The van der Waals surface area contributed by atoms with Crippen LogP contribution in [0.25, 0.3) is 0 Å². The van der Waals surface area contributed by atoms with Gasteiger partial charge in [0.05, 0.1) is 0 Å². The quantitative estimate of drug-likeness (QED) is 0.717. The van der Waals surface area contributed by atoms with Crippen LogP contribution in [0.15, 0.2) is 0 Å². The average Bonchev–Trinajstić information content (AvgIpc) is 2.23. The highest BCUT2D eigenvalue weighted by molar-refractivity contribution is 4.71. The first kappa shape index (κ1) is 15.0. The Hall–Kier alpha value is -0.0800. The molecule has 1 heterocycles. The summed E-state index contributed by atoms with van der Waals surface area (Å²) < 4.78 is 0. The lowest BCUT2D eigenvalue weighted by molar-refractivity contribution is 0.186. The van der Waals surface area contributed by atoms with Crippen LogP contribution in [-0.2, 0) is 0 Å². The van der Waals surface area contributed by atoms with E-state index >= 15 is 0 Å². The number of hydrogen-bond acceptors (Lipinski definition) is 2. The maximum Gasteiger partial charge on any atom is 0.0192 e. The van der Waals surface area contributed by atoms with Gasteiger partial charge in [-0.1, -0.05) is 33.1 Å². The van der Waals surface area contributed by atoms with E-state index in [1.165, 1.54) is 58.2 Å². The van der Waals surface area contributed by atoms with Crippen molar-refractivity contribution in [2.75, 3.05) is 26.2 Å². The molecule has 0 spiro atoms. The Kier molecular flexibility index (Phi) is 7.87. The molecule has 1 saturated heterocycles. The smallest absolute Gasteiger partial charge is 0.0192 e. The molecule has 1 unspecified atom stereocenters. The highest BCUT2D eigenvalue weighted by Crippen LogP contribution is 2.12. The predicted molar refractivity (Wildman–Crippen MR) is 76.4 cm³/mol. The summed E-state index contributed by atoms with van der Waals surface area (Å²) in [6.45, 7) is 11.9. The molecule has 0 aromatic carbocycles. The topological polar surface area (TPSA) is 15.3 Å². The number of nitrogens with zero attached hydrogens (tertiary/aromatic N) is 1. The van der Waals surface area contributed by atoms with E-state index < -0.39 is 0 Å². The van der Waals surface area contributed by atoms with E-state index in [9.17, 15) is 0 Å². The molecule has 102 valence electrons. The first-order valence-electron chi connectivity index (χ1n) is 7.65. The largest absolute Gasteiger partial charge is 0.315 e. The summed E-state index contributed by atoms with van der Waals surface area (Å²) in [6.07, 6.45) is 8.42. The molecule has 1 aliphatic heterocycles. The van der Waals surface area contributed by atoms with E-state index in [0.29, 0.717) is 6.04 Å². The maximum atomic E-state index is 3.61. The van der Waals surface area contributed by atoms with Gasteiger partial charge in [0.2, 0.25) is 0 Å². The van der Waals surface area contributed by atoms with Crippen molar-refractivity contribution in [2.24, 2.45) is 5.92 Å². The third kappa shape index (κ3) is 7.05. The van der Waals surface area contributed by atoms with Gasteiger partial charge in [-0.15, -0.1) is 0 Å². The zero-order chi connectivity index (χ0) is 12.5. The van der Waals surface area contributed by atoms with Crippen LogP contribution in [0.2, 0.25) is 0 Å².